The summed E-state index contributed by atoms with van der Waals surface area (Å²) in [4.78, 5) is 2.44. The molecular formula is C20H28N4O2. The number of nitrogens with one attached hydrogen (secondary N) is 1. The van der Waals surface area contributed by atoms with Gasteiger partial charge in [-0.2, -0.15) is 0 Å². The van der Waals surface area contributed by atoms with Gasteiger partial charge < -0.3 is 19.4 Å². The maximum Gasteiger partial charge on any atom is 0.216 e. The number of aryl methyl sites for hydroxylation is 1. The SMILES string of the molecule is Cc1nnc(C[C@@H]2CC[C@H](NCc3ccccc3N3CCOCC3)C2)o1. The normalized spacial score (nSPS) is 23.5. The summed E-state index contributed by atoms with van der Waals surface area (Å²) in [6.07, 6.45) is 4.53. The molecule has 1 saturated heterocycles. The molecule has 0 amide bonds. The second kappa shape index (κ2) is 8.18. The molecule has 2 heterocycles. The number of para-hydroxylation sites is 1. The molecule has 1 aliphatic carbocycles. The standard InChI is InChI=1S/C20H28N4O2/c1-15-22-23-20(26-15)13-16-6-7-18(12-16)21-14-17-4-2-3-5-19(17)24-8-10-25-11-9-24/h2-5,16,18,21H,6-14H2,1H3/t16-,18+/m1/s1. The maximum atomic E-state index is 5.53. The predicted molar refractivity (Wildman–Crippen MR) is 100 cm³/mol. The Bertz CT molecular complexity index is 711. The van der Waals surface area contributed by atoms with Crippen molar-refractivity contribution in [1.29, 1.82) is 0 Å². The lowest BCUT2D eigenvalue weighted by atomic mass is 10.0. The number of benzene rings is 1. The number of nitrogens with zero attached hydrogens (tertiary/aromatic N) is 3. The monoisotopic (exact) mass is 356 g/mol. The van der Waals surface area contributed by atoms with Crippen molar-refractivity contribution in [3.05, 3.63) is 41.6 Å². The van der Waals surface area contributed by atoms with Crippen LogP contribution in [0.3, 0.4) is 0 Å². The van der Waals surface area contributed by atoms with E-state index in [1.165, 1.54) is 30.5 Å². The van der Waals surface area contributed by atoms with Crippen LogP contribution >= 0.6 is 0 Å². The van der Waals surface area contributed by atoms with Crippen molar-refractivity contribution < 1.29 is 9.15 Å². The fourth-order valence-corrected chi connectivity index (χ4v) is 4.14. The summed E-state index contributed by atoms with van der Waals surface area (Å²) in [6.45, 7) is 6.37. The van der Waals surface area contributed by atoms with Crippen molar-refractivity contribution in [3.63, 3.8) is 0 Å². The van der Waals surface area contributed by atoms with E-state index in [-0.39, 0.29) is 0 Å². The average molecular weight is 356 g/mol. The highest BCUT2D eigenvalue weighted by Gasteiger charge is 2.26. The molecule has 4 rings (SSSR count). The molecule has 6 heteroatoms. The Morgan fingerprint density at radius 1 is 1.15 bits per heavy atom. The molecule has 2 atom stereocenters. The molecule has 26 heavy (non-hydrogen) atoms. The number of ether oxygens (including phenoxy) is 1. The molecule has 1 N–H and O–H groups in total. The van der Waals surface area contributed by atoms with E-state index in [1.807, 2.05) is 6.92 Å². The minimum absolute atomic E-state index is 0.571. The lowest BCUT2D eigenvalue weighted by Gasteiger charge is -2.31. The zero-order chi connectivity index (χ0) is 17.8. The summed E-state index contributed by atoms with van der Waals surface area (Å²) in [7, 11) is 0. The number of hydrogen-bond acceptors (Lipinski definition) is 6. The first-order chi connectivity index (χ1) is 12.8. The number of anilines is 1. The molecule has 0 unspecified atom stereocenters. The van der Waals surface area contributed by atoms with Gasteiger partial charge in [0.2, 0.25) is 11.8 Å². The largest absolute Gasteiger partial charge is 0.426 e. The molecule has 0 radical (unpaired) electrons. The first-order valence-corrected chi connectivity index (χ1v) is 9.71. The smallest absolute Gasteiger partial charge is 0.216 e. The van der Waals surface area contributed by atoms with Crippen molar-refractivity contribution >= 4 is 5.69 Å². The molecule has 2 fully saturated rings. The van der Waals surface area contributed by atoms with Crippen molar-refractivity contribution in [1.82, 2.24) is 15.5 Å². The molecule has 1 saturated carbocycles. The summed E-state index contributed by atoms with van der Waals surface area (Å²) < 4.78 is 11.0. The van der Waals surface area contributed by atoms with Gasteiger partial charge in [0.15, 0.2) is 0 Å². The van der Waals surface area contributed by atoms with Crippen LogP contribution in [-0.2, 0) is 17.7 Å². The van der Waals surface area contributed by atoms with E-state index in [1.54, 1.807) is 0 Å². The van der Waals surface area contributed by atoms with Crippen LogP contribution in [0.4, 0.5) is 5.69 Å². The quantitative estimate of drug-likeness (QED) is 0.859. The van der Waals surface area contributed by atoms with E-state index < -0.39 is 0 Å². The third-order valence-corrected chi connectivity index (χ3v) is 5.50. The number of hydrogen-bond donors (Lipinski definition) is 1. The number of morpholine rings is 1. The predicted octanol–water partition coefficient (Wildman–Crippen LogP) is 2.72. The van der Waals surface area contributed by atoms with Gasteiger partial charge in [-0.05, 0) is 36.8 Å². The number of rotatable bonds is 6. The fraction of sp³-hybridized carbons (Fsp3) is 0.600. The average Bonchev–Trinajstić information content (AvgIpc) is 3.30. The van der Waals surface area contributed by atoms with Gasteiger partial charge >= 0.3 is 0 Å². The lowest BCUT2D eigenvalue weighted by Crippen LogP contribution is -2.37. The third kappa shape index (κ3) is 4.24. The van der Waals surface area contributed by atoms with Gasteiger partial charge in [0.1, 0.15) is 0 Å². The third-order valence-electron chi connectivity index (χ3n) is 5.50. The number of aromatic nitrogens is 2. The van der Waals surface area contributed by atoms with E-state index in [0.29, 0.717) is 17.9 Å². The maximum absolute atomic E-state index is 5.53. The Morgan fingerprint density at radius 2 is 2.00 bits per heavy atom. The molecule has 140 valence electrons. The Labute approximate surface area is 154 Å². The van der Waals surface area contributed by atoms with Crippen molar-refractivity contribution in [2.75, 3.05) is 31.2 Å². The summed E-state index contributed by atoms with van der Waals surface area (Å²) >= 11 is 0. The van der Waals surface area contributed by atoms with Crippen molar-refractivity contribution in [2.24, 2.45) is 5.92 Å². The Morgan fingerprint density at radius 3 is 2.81 bits per heavy atom. The van der Waals surface area contributed by atoms with Crippen LogP contribution in [0, 0.1) is 12.8 Å². The fourth-order valence-electron chi connectivity index (χ4n) is 4.14. The van der Waals surface area contributed by atoms with Crippen LogP contribution in [0.15, 0.2) is 28.7 Å². The Hall–Kier alpha value is -1.92. The van der Waals surface area contributed by atoms with Crippen LogP contribution in [0.25, 0.3) is 0 Å². The summed E-state index contributed by atoms with van der Waals surface area (Å²) in [6, 6.07) is 9.31. The van der Waals surface area contributed by atoms with Gasteiger partial charge in [0.25, 0.3) is 0 Å². The van der Waals surface area contributed by atoms with Gasteiger partial charge in [-0.3, -0.25) is 0 Å². The molecule has 1 aromatic carbocycles. The highest BCUT2D eigenvalue weighted by Crippen LogP contribution is 2.29. The molecule has 2 aliphatic rings. The molecule has 0 bridgehead atoms. The molecule has 1 aliphatic heterocycles. The van der Waals surface area contributed by atoms with Crippen molar-refractivity contribution in [3.8, 4) is 0 Å². The summed E-state index contributed by atoms with van der Waals surface area (Å²) in [5, 5.41) is 11.8. The molecule has 2 aromatic rings. The van der Waals surface area contributed by atoms with Gasteiger partial charge in [-0.1, -0.05) is 18.2 Å². The second-order valence-corrected chi connectivity index (χ2v) is 7.40. The second-order valence-electron chi connectivity index (χ2n) is 7.40. The van der Waals surface area contributed by atoms with Crippen LogP contribution in [-0.4, -0.2) is 42.5 Å². The highest BCUT2D eigenvalue weighted by atomic mass is 16.5. The topological polar surface area (TPSA) is 63.4 Å². The molecule has 0 spiro atoms. The minimum atomic E-state index is 0.571. The van der Waals surface area contributed by atoms with Crippen LogP contribution < -0.4 is 10.2 Å². The van der Waals surface area contributed by atoms with E-state index in [9.17, 15) is 0 Å². The first kappa shape index (κ1) is 17.5. The van der Waals surface area contributed by atoms with E-state index in [0.717, 1.165) is 45.2 Å². The van der Waals surface area contributed by atoms with Crippen LogP contribution in [0.5, 0.6) is 0 Å². The van der Waals surface area contributed by atoms with Crippen LogP contribution in [0.1, 0.15) is 36.6 Å². The van der Waals surface area contributed by atoms with Gasteiger partial charge in [-0.15, -0.1) is 10.2 Å². The minimum Gasteiger partial charge on any atom is -0.426 e. The Kier molecular flexibility index (Phi) is 5.51. The molecule has 6 nitrogen and oxygen atoms in total. The summed E-state index contributed by atoms with van der Waals surface area (Å²) in [5.74, 6) is 2.08. The zero-order valence-electron chi connectivity index (χ0n) is 15.5. The highest BCUT2D eigenvalue weighted by molar-refractivity contribution is 5.53. The van der Waals surface area contributed by atoms with Crippen LogP contribution in [0.2, 0.25) is 0 Å². The zero-order valence-corrected chi connectivity index (χ0v) is 15.5. The van der Waals surface area contributed by atoms with E-state index >= 15 is 0 Å². The Balaban J connectivity index is 1.30. The molecule has 1 aromatic heterocycles. The van der Waals surface area contributed by atoms with E-state index in [2.05, 4.69) is 44.7 Å². The van der Waals surface area contributed by atoms with Gasteiger partial charge in [0.05, 0.1) is 13.2 Å². The first-order valence-electron chi connectivity index (χ1n) is 9.71. The van der Waals surface area contributed by atoms with Crippen molar-refractivity contribution in [2.45, 2.75) is 45.2 Å². The van der Waals surface area contributed by atoms with Gasteiger partial charge in [-0.25, -0.2) is 0 Å². The van der Waals surface area contributed by atoms with E-state index in [4.69, 9.17) is 9.15 Å². The summed E-state index contributed by atoms with van der Waals surface area (Å²) in [5.41, 5.74) is 2.73. The lowest BCUT2D eigenvalue weighted by molar-refractivity contribution is 0.122. The molecular weight excluding hydrogens is 328 g/mol. The van der Waals surface area contributed by atoms with Gasteiger partial charge in [0, 0.05) is 44.7 Å².